The van der Waals surface area contributed by atoms with E-state index in [1.165, 1.54) is 16.8 Å². The van der Waals surface area contributed by atoms with E-state index in [-0.39, 0.29) is 38.9 Å². The maximum Gasteiger partial charge on any atom is 0.267 e. The number of nitriles is 1. The van der Waals surface area contributed by atoms with Gasteiger partial charge in [-0.05, 0) is 44.5 Å². The van der Waals surface area contributed by atoms with Gasteiger partial charge in [0.1, 0.15) is 40.4 Å². The van der Waals surface area contributed by atoms with Gasteiger partial charge in [0.05, 0.1) is 28.3 Å². The third-order valence-electron chi connectivity index (χ3n) is 4.97. The number of nitrogens with two attached hydrogens (primary N) is 1. The minimum atomic E-state index is -0.707. The first-order valence-electron chi connectivity index (χ1n) is 9.84. The van der Waals surface area contributed by atoms with Gasteiger partial charge in [0.25, 0.3) is 5.56 Å². The third-order valence-corrected chi connectivity index (χ3v) is 5.29. The SMILES string of the molecule is Cc1cncc(-n2c([C@H](C)Nc3nc(C)nc(N)c3C#N)nc3c(F)ccc(Cl)c3c2=O)c1. The van der Waals surface area contributed by atoms with Crippen LogP contribution in [-0.4, -0.2) is 24.5 Å². The average Bonchev–Trinajstić information content (AvgIpc) is 2.75. The van der Waals surface area contributed by atoms with Crippen LogP contribution in [0.15, 0.2) is 35.4 Å². The molecule has 0 amide bonds. The van der Waals surface area contributed by atoms with Gasteiger partial charge in [-0.1, -0.05) is 11.6 Å². The molecular weight excluding hydrogens is 447 g/mol. The number of benzene rings is 1. The standard InChI is InChI=1S/C22H18ClFN8O/c1-10-6-13(9-27-8-10)32-21(31-18-16(24)5-4-15(23)17(18)22(32)33)11(2)28-20-14(7-25)19(26)29-12(3)30-20/h4-6,8-9,11H,1-3H3,(H3,26,28,29,30)/t11-/m0/s1. The minimum Gasteiger partial charge on any atom is -0.382 e. The first-order valence-corrected chi connectivity index (χ1v) is 10.2. The quantitative estimate of drug-likeness (QED) is 0.467. The van der Waals surface area contributed by atoms with Gasteiger partial charge in [-0.15, -0.1) is 0 Å². The van der Waals surface area contributed by atoms with Crippen molar-refractivity contribution >= 4 is 34.1 Å². The van der Waals surface area contributed by atoms with Crippen molar-refractivity contribution in [3.63, 3.8) is 0 Å². The molecule has 0 saturated heterocycles. The van der Waals surface area contributed by atoms with E-state index in [9.17, 15) is 14.4 Å². The molecule has 166 valence electrons. The number of hydrogen-bond donors (Lipinski definition) is 2. The molecule has 9 nitrogen and oxygen atoms in total. The molecule has 0 radical (unpaired) electrons. The molecule has 0 saturated carbocycles. The summed E-state index contributed by atoms with van der Waals surface area (Å²) in [5, 5.41) is 12.6. The molecule has 4 aromatic rings. The number of nitrogens with zero attached hydrogens (tertiary/aromatic N) is 6. The minimum absolute atomic E-state index is 0.0178. The Bertz CT molecular complexity index is 1510. The van der Waals surface area contributed by atoms with E-state index >= 15 is 0 Å². The van der Waals surface area contributed by atoms with Gasteiger partial charge >= 0.3 is 0 Å². The van der Waals surface area contributed by atoms with Gasteiger partial charge in [-0.25, -0.2) is 19.3 Å². The Morgan fingerprint density at radius 1 is 1.24 bits per heavy atom. The Hall–Kier alpha value is -4.10. The molecule has 11 heteroatoms. The number of halogens is 2. The number of nitrogen functional groups attached to an aromatic ring is 1. The van der Waals surface area contributed by atoms with E-state index in [1.807, 2.05) is 13.0 Å². The van der Waals surface area contributed by atoms with Crippen molar-refractivity contribution in [2.45, 2.75) is 26.8 Å². The Morgan fingerprint density at radius 3 is 2.70 bits per heavy atom. The number of aromatic nitrogens is 5. The second-order valence-corrected chi connectivity index (χ2v) is 7.85. The predicted octanol–water partition coefficient (Wildman–Crippen LogP) is 3.61. The van der Waals surface area contributed by atoms with Crippen molar-refractivity contribution in [3.8, 4) is 11.8 Å². The van der Waals surface area contributed by atoms with Gasteiger partial charge in [0.15, 0.2) is 5.82 Å². The number of nitrogens with one attached hydrogen (secondary N) is 1. The summed E-state index contributed by atoms with van der Waals surface area (Å²) in [4.78, 5) is 30.4. The average molecular weight is 465 g/mol. The van der Waals surface area contributed by atoms with Crippen LogP contribution in [-0.2, 0) is 0 Å². The van der Waals surface area contributed by atoms with E-state index in [0.717, 1.165) is 11.6 Å². The van der Waals surface area contributed by atoms with Gasteiger partial charge in [-0.2, -0.15) is 5.26 Å². The maximum absolute atomic E-state index is 14.7. The third kappa shape index (κ3) is 3.94. The van der Waals surface area contributed by atoms with Gasteiger partial charge in [-0.3, -0.25) is 14.3 Å². The number of rotatable bonds is 4. The first kappa shape index (κ1) is 22.1. The van der Waals surface area contributed by atoms with Gasteiger partial charge < -0.3 is 11.1 Å². The largest absolute Gasteiger partial charge is 0.382 e. The molecule has 0 aliphatic rings. The van der Waals surface area contributed by atoms with E-state index in [0.29, 0.717) is 11.5 Å². The molecule has 0 aliphatic heterocycles. The summed E-state index contributed by atoms with van der Waals surface area (Å²) in [6, 6.07) is 5.48. The van der Waals surface area contributed by atoms with Crippen LogP contribution in [0, 0.1) is 31.0 Å². The fourth-order valence-electron chi connectivity index (χ4n) is 3.51. The molecule has 0 aliphatic carbocycles. The lowest BCUT2D eigenvalue weighted by Crippen LogP contribution is -2.28. The van der Waals surface area contributed by atoms with Crippen LogP contribution >= 0.6 is 11.6 Å². The zero-order valence-electron chi connectivity index (χ0n) is 17.9. The van der Waals surface area contributed by atoms with E-state index in [1.54, 1.807) is 26.1 Å². The summed E-state index contributed by atoms with van der Waals surface area (Å²) in [5.74, 6) is 0.0222. The fourth-order valence-corrected chi connectivity index (χ4v) is 3.75. The maximum atomic E-state index is 14.7. The van der Waals surface area contributed by atoms with Crippen LogP contribution < -0.4 is 16.6 Å². The zero-order valence-corrected chi connectivity index (χ0v) is 18.6. The number of pyridine rings is 1. The van der Waals surface area contributed by atoms with Crippen molar-refractivity contribution in [3.05, 3.63) is 74.6 Å². The van der Waals surface area contributed by atoms with Crippen molar-refractivity contribution in [2.24, 2.45) is 0 Å². The van der Waals surface area contributed by atoms with Gasteiger partial charge in [0, 0.05) is 6.20 Å². The van der Waals surface area contributed by atoms with Crippen LogP contribution in [0.1, 0.15) is 35.7 Å². The normalized spacial score (nSPS) is 11.9. The highest BCUT2D eigenvalue weighted by Crippen LogP contribution is 2.27. The molecule has 0 fully saturated rings. The fraction of sp³-hybridized carbons (Fsp3) is 0.182. The number of aryl methyl sites for hydroxylation is 2. The molecule has 3 N–H and O–H groups in total. The Kier molecular flexibility index (Phi) is 5.66. The topological polar surface area (TPSA) is 135 Å². The van der Waals surface area contributed by atoms with Crippen molar-refractivity contribution in [1.82, 2.24) is 24.5 Å². The number of fused-ring (bicyclic) bond motifs is 1. The zero-order chi connectivity index (χ0) is 23.9. The lowest BCUT2D eigenvalue weighted by atomic mass is 10.2. The Balaban J connectivity index is 1.99. The number of anilines is 2. The molecule has 0 unspecified atom stereocenters. The molecule has 0 spiro atoms. The summed E-state index contributed by atoms with van der Waals surface area (Å²) in [5.41, 5.74) is 6.43. The molecule has 3 aromatic heterocycles. The predicted molar refractivity (Wildman–Crippen MR) is 123 cm³/mol. The van der Waals surface area contributed by atoms with Crippen LogP contribution in [0.3, 0.4) is 0 Å². The Morgan fingerprint density at radius 2 is 2.00 bits per heavy atom. The summed E-state index contributed by atoms with van der Waals surface area (Å²) >= 11 is 6.24. The van der Waals surface area contributed by atoms with E-state index in [2.05, 4.69) is 25.3 Å². The molecule has 3 heterocycles. The molecular formula is C22H18ClFN8O. The van der Waals surface area contributed by atoms with E-state index < -0.39 is 17.4 Å². The highest BCUT2D eigenvalue weighted by molar-refractivity contribution is 6.35. The van der Waals surface area contributed by atoms with Crippen molar-refractivity contribution in [1.29, 1.82) is 5.26 Å². The van der Waals surface area contributed by atoms with Crippen LogP contribution in [0.5, 0.6) is 0 Å². The van der Waals surface area contributed by atoms with Gasteiger partial charge in [0.2, 0.25) is 0 Å². The van der Waals surface area contributed by atoms with Crippen molar-refractivity contribution < 1.29 is 4.39 Å². The van der Waals surface area contributed by atoms with E-state index in [4.69, 9.17) is 17.3 Å². The van der Waals surface area contributed by atoms with Crippen molar-refractivity contribution in [2.75, 3.05) is 11.1 Å². The second-order valence-electron chi connectivity index (χ2n) is 7.44. The smallest absolute Gasteiger partial charge is 0.267 e. The summed E-state index contributed by atoms with van der Waals surface area (Å²) in [6.45, 7) is 5.16. The van der Waals surface area contributed by atoms with Crippen LogP contribution in [0.25, 0.3) is 16.6 Å². The highest BCUT2D eigenvalue weighted by atomic mass is 35.5. The second kappa shape index (κ2) is 8.44. The summed E-state index contributed by atoms with van der Waals surface area (Å²) in [6.07, 6.45) is 3.14. The van der Waals surface area contributed by atoms with Crippen LogP contribution in [0.4, 0.5) is 16.0 Å². The summed E-state index contributed by atoms with van der Waals surface area (Å²) in [7, 11) is 0. The number of hydrogen-bond acceptors (Lipinski definition) is 8. The first-order chi connectivity index (χ1) is 15.7. The lowest BCUT2D eigenvalue weighted by Gasteiger charge is -2.21. The Labute approximate surface area is 192 Å². The molecule has 0 bridgehead atoms. The lowest BCUT2D eigenvalue weighted by molar-refractivity contribution is 0.632. The highest BCUT2D eigenvalue weighted by Gasteiger charge is 2.23. The summed E-state index contributed by atoms with van der Waals surface area (Å²) < 4.78 is 16.0. The molecule has 4 rings (SSSR count). The molecule has 33 heavy (non-hydrogen) atoms. The van der Waals surface area contributed by atoms with Crippen LogP contribution in [0.2, 0.25) is 5.02 Å². The monoisotopic (exact) mass is 464 g/mol. The molecule has 1 aromatic carbocycles. The molecule has 1 atom stereocenters.